The zero-order chi connectivity index (χ0) is 12.3. The van der Waals surface area contributed by atoms with Crippen molar-refractivity contribution in [1.29, 1.82) is 0 Å². The number of hydrogen-bond acceptors (Lipinski definition) is 3. The van der Waals surface area contributed by atoms with E-state index < -0.39 is 0 Å². The molecular weight excluding hydrogens is 236 g/mol. The van der Waals surface area contributed by atoms with Crippen LogP contribution in [-0.4, -0.2) is 4.98 Å². The summed E-state index contributed by atoms with van der Waals surface area (Å²) >= 11 is 6.00. The van der Waals surface area contributed by atoms with Crippen molar-refractivity contribution in [3.05, 3.63) is 52.7 Å². The number of aromatic nitrogens is 1. The van der Waals surface area contributed by atoms with E-state index in [0.29, 0.717) is 23.2 Å². The van der Waals surface area contributed by atoms with E-state index in [0.717, 1.165) is 11.3 Å². The highest BCUT2D eigenvalue weighted by molar-refractivity contribution is 6.32. The molecule has 2 aromatic rings. The van der Waals surface area contributed by atoms with Gasteiger partial charge in [0, 0.05) is 18.3 Å². The maximum Gasteiger partial charge on any atom is 0.219 e. The van der Waals surface area contributed by atoms with Gasteiger partial charge in [-0.15, -0.1) is 0 Å². The molecule has 0 fully saturated rings. The van der Waals surface area contributed by atoms with E-state index in [4.69, 9.17) is 22.1 Å². The van der Waals surface area contributed by atoms with Crippen LogP contribution in [0.25, 0.3) is 0 Å². The maximum atomic E-state index is 6.00. The van der Waals surface area contributed by atoms with Crippen LogP contribution < -0.4 is 10.5 Å². The average Bonchev–Trinajstić information content (AvgIpc) is 2.32. The molecule has 3 nitrogen and oxygen atoms in total. The molecule has 1 heterocycles. The van der Waals surface area contributed by atoms with Gasteiger partial charge in [-0.1, -0.05) is 29.8 Å². The molecule has 1 aromatic carbocycles. The molecule has 0 aliphatic rings. The number of halogens is 1. The lowest BCUT2D eigenvalue weighted by Crippen LogP contribution is -2.01. The average molecular weight is 249 g/mol. The van der Waals surface area contributed by atoms with Gasteiger partial charge in [0.25, 0.3) is 0 Å². The minimum atomic E-state index is 0.477. The number of ether oxygens (including phenoxy) is 1. The van der Waals surface area contributed by atoms with Crippen molar-refractivity contribution in [3.63, 3.8) is 0 Å². The molecule has 0 atom stereocenters. The lowest BCUT2D eigenvalue weighted by molar-refractivity contribution is 0.461. The summed E-state index contributed by atoms with van der Waals surface area (Å²) in [6.45, 7) is 2.38. The van der Waals surface area contributed by atoms with Crippen LogP contribution >= 0.6 is 11.6 Å². The minimum Gasteiger partial charge on any atom is -0.437 e. The lowest BCUT2D eigenvalue weighted by Gasteiger charge is -2.08. The van der Waals surface area contributed by atoms with Crippen molar-refractivity contribution < 1.29 is 4.74 Å². The molecule has 0 saturated carbocycles. The second kappa shape index (κ2) is 5.17. The summed E-state index contributed by atoms with van der Waals surface area (Å²) in [7, 11) is 0. The number of hydrogen-bond donors (Lipinski definition) is 1. The number of aryl methyl sites for hydroxylation is 1. The molecule has 0 bridgehead atoms. The largest absolute Gasteiger partial charge is 0.437 e. The summed E-state index contributed by atoms with van der Waals surface area (Å²) in [4.78, 5) is 4.32. The first-order valence-corrected chi connectivity index (χ1v) is 5.67. The molecule has 0 aliphatic carbocycles. The van der Waals surface area contributed by atoms with E-state index in [-0.39, 0.29) is 0 Å². The molecule has 0 aliphatic heterocycles. The standard InChI is InChI=1S/C13H13ClN2O/c1-9-10(8-15)6-7-13(16-9)17-12-5-3-2-4-11(12)14/h2-7H,8,15H2,1H3. The van der Waals surface area contributed by atoms with E-state index in [1.807, 2.05) is 25.1 Å². The SMILES string of the molecule is Cc1nc(Oc2ccccc2Cl)ccc1CN. The van der Waals surface area contributed by atoms with Gasteiger partial charge in [-0.2, -0.15) is 0 Å². The Balaban J connectivity index is 2.25. The quantitative estimate of drug-likeness (QED) is 0.907. The molecule has 0 radical (unpaired) electrons. The van der Waals surface area contributed by atoms with Gasteiger partial charge in [0.15, 0.2) is 0 Å². The summed E-state index contributed by atoms with van der Waals surface area (Å²) in [5.74, 6) is 1.12. The molecule has 0 spiro atoms. The summed E-state index contributed by atoms with van der Waals surface area (Å²) in [5, 5.41) is 0.565. The fraction of sp³-hybridized carbons (Fsp3) is 0.154. The van der Waals surface area contributed by atoms with Crippen molar-refractivity contribution in [2.75, 3.05) is 0 Å². The molecule has 0 saturated heterocycles. The fourth-order valence-corrected chi connectivity index (χ4v) is 1.65. The summed E-state index contributed by atoms with van der Waals surface area (Å²) in [6.07, 6.45) is 0. The van der Waals surface area contributed by atoms with E-state index in [1.54, 1.807) is 18.2 Å². The van der Waals surface area contributed by atoms with Gasteiger partial charge < -0.3 is 10.5 Å². The monoisotopic (exact) mass is 248 g/mol. The van der Waals surface area contributed by atoms with Crippen LogP contribution in [0.3, 0.4) is 0 Å². The maximum absolute atomic E-state index is 6.00. The van der Waals surface area contributed by atoms with Crippen LogP contribution in [0.15, 0.2) is 36.4 Å². The third-order valence-corrected chi connectivity index (χ3v) is 2.75. The van der Waals surface area contributed by atoms with Crippen molar-refractivity contribution in [2.24, 2.45) is 5.73 Å². The molecule has 88 valence electrons. The van der Waals surface area contributed by atoms with Gasteiger partial charge in [0.2, 0.25) is 5.88 Å². The molecule has 0 amide bonds. The van der Waals surface area contributed by atoms with Crippen molar-refractivity contribution in [3.8, 4) is 11.6 Å². The van der Waals surface area contributed by atoms with Gasteiger partial charge in [-0.25, -0.2) is 4.98 Å². The van der Waals surface area contributed by atoms with Gasteiger partial charge in [-0.05, 0) is 24.6 Å². The fourth-order valence-electron chi connectivity index (χ4n) is 1.48. The third-order valence-electron chi connectivity index (χ3n) is 2.44. The normalized spacial score (nSPS) is 10.3. The first-order valence-electron chi connectivity index (χ1n) is 5.29. The van der Waals surface area contributed by atoms with Crippen molar-refractivity contribution >= 4 is 11.6 Å². The van der Waals surface area contributed by atoms with Crippen LogP contribution in [0, 0.1) is 6.92 Å². The highest BCUT2D eigenvalue weighted by Gasteiger charge is 2.05. The van der Waals surface area contributed by atoms with E-state index in [1.165, 1.54) is 0 Å². The first kappa shape index (κ1) is 11.9. The highest BCUT2D eigenvalue weighted by atomic mass is 35.5. The van der Waals surface area contributed by atoms with E-state index in [2.05, 4.69) is 4.98 Å². The molecule has 1 aromatic heterocycles. The first-order chi connectivity index (χ1) is 8.20. The second-order valence-corrected chi connectivity index (χ2v) is 4.04. The van der Waals surface area contributed by atoms with Crippen LogP contribution in [0.4, 0.5) is 0 Å². The number of para-hydroxylation sites is 1. The highest BCUT2D eigenvalue weighted by Crippen LogP contribution is 2.28. The van der Waals surface area contributed by atoms with Gasteiger partial charge >= 0.3 is 0 Å². The Kier molecular flexibility index (Phi) is 3.61. The molecular formula is C13H13ClN2O. The third kappa shape index (κ3) is 2.75. The van der Waals surface area contributed by atoms with Crippen LogP contribution in [0.2, 0.25) is 5.02 Å². The topological polar surface area (TPSA) is 48.1 Å². The predicted octanol–water partition coefficient (Wildman–Crippen LogP) is 3.29. The Bertz CT molecular complexity index is 529. The lowest BCUT2D eigenvalue weighted by atomic mass is 10.2. The number of benzene rings is 1. The number of nitrogens with zero attached hydrogens (tertiary/aromatic N) is 1. The predicted molar refractivity (Wildman–Crippen MR) is 68.4 cm³/mol. The number of pyridine rings is 1. The molecule has 2 rings (SSSR count). The Hall–Kier alpha value is -1.58. The summed E-state index contributed by atoms with van der Waals surface area (Å²) in [6, 6.07) is 11.0. The van der Waals surface area contributed by atoms with E-state index >= 15 is 0 Å². The van der Waals surface area contributed by atoms with E-state index in [9.17, 15) is 0 Å². The van der Waals surface area contributed by atoms with Gasteiger partial charge in [0.1, 0.15) is 5.75 Å². The Morgan fingerprint density at radius 3 is 2.65 bits per heavy atom. The van der Waals surface area contributed by atoms with Crippen molar-refractivity contribution in [1.82, 2.24) is 4.98 Å². The molecule has 2 N–H and O–H groups in total. The smallest absolute Gasteiger partial charge is 0.219 e. The zero-order valence-corrected chi connectivity index (χ0v) is 10.2. The Morgan fingerprint density at radius 1 is 1.24 bits per heavy atom. The van der Waals surface area contributed by atoms with Gasteiger partial charge in [0.05, 0.1) is 5.02 Å². The minimum absolute atomic E-state index is 0.477. The molecule has 17 heavy (non-hydrogen) atoms. The zero-order valence-electron chi connectivity index (χ0n) is 9.48. The Morgan fingerprint density at radius 2 is 2.00 bits per heavy atom. The van der Waals surface area contributed by atoms with Crippen LogP contribution in [-0.2, 0) is 6.54 Å². The molecule has 4 heteroatoms. The van der Waals surface area contributed by atoms with Crippen LogP contribution in [0.5, 0.6) is 11.6 Å². The number of rotatable bonds is 3. The number of nitrogens with two attached hydrogens (primary N) is 1. The van der Waals surface area contributed by atoms with Crippen LogP contribution in [0.1, 0.15) is 11.3 Å². The second-order valence-electron chi connectivity index (χ2n) is 3.63. The molecule has 0 unspecified atom stereocenters. The summed E-state index contributed by atoms with van der Waals surface area (Å²) < 4.78 is 5.61. The van der Waals surface area contributed by atoms with Gasteiger partial charge in [-0.3, -0.25) is 0 Å². The van der Waals surface area contributed by atoms with Crippen molar-refractivity contribution in [2.45, 2.75) is 13.5 Å². The Labute approximate surface area is 105 Å². The summed E-state index contributed by atoms with van der Waals surface area (Å²) in [5.41, 5.74) is 7.46.